The Hall–Kier alpha value is -1.72. The number of aliphatic imine (C=N–C) groups is 1. The van der Waals surface area contributed by atoms with Crippen molar-refractivity contribution in [2.24, 2.45) is 4.99 Å². The van der Waals surface area contributed by atoms with Crippen LogP contribution in [0, 0.1) is 0 Å². The van der Waals surface area contributed by atoms with Crippen molar-refractivity contribution in [3.63, 3.8) is 0 Å². The van der Waals surface area contributed by atoms with E-state index in [1.165, 1.54) is 0 Å². The van der Waals surface area contributed by atoms with E-state index < -0.39 is 0 Å². The minimum Gasteiger partial charge on any atom is -0.390 e. The molecule has 0 aromatic carbocycles. The number of nitrogens with zero attached hydrogens (tertiary/aromatic N) is 2. The molecular formula is C14H21N5. The molecule has 0 atom stereocenters. The number of aromatic nitrogens is 1. The Balaban J connectivity index is 1.92. The van der Waals surface area contributed by atoms with Crippen LogP contribution in [0.1, 0.15) is 11.4 Å². The van der Waals surface area contributed by atoms with Crippen LogP contribution in [0.3, 0.4) is 0 Å². The Labute approximate surface area is 114 Å². The number of hydrogen-bond acceptors (Lipinski definition) is 5. The predicted octanol–water partition coefficient (Wildman–Crippen LogP) is 0.449. The molecule has 3 N–H and O–H groups in total. The average molecular weight is 259 g/mol. The molecule has 1 aliphatic rings. The molecule has 2 heterocycles. The molecule has 5 heteroatoms. The summed E-state index contributed by atoms with van der Waals surface area (Å²) < 4.78 is 0. The topological polar surface area (TPSA) is 61.3 Å². The molecule has 19 heavy (non-hydrogen) atoms. The van der Waals surface area contributed by atoms with Crippen molar-refractivity contribution in [3.05, 3.63) is 41.9 Å². The first-order valence-corrected chi connectivity index (χ1v) is 6.70. The number of allylic oxidation sites excluding steroid dienone is 1. The molecule has 1 aliphatic heterocycles. The second-order valence-electron chi connectivity index (χ2n) is 4.34. The maximum Gasteiger partial charge on any atom is 0.0545 e. The van der Waals surface area contributed by atoms with E-state index in [4.69, 9.17) is 0 Å². The molecule has 0 spiro atoms. The van der Waals surface area contributed by atoms with E-state index in [1.807, 2.05) is 24.6 Å². The fourth-order valence-corrected chi connectivity index (χ4v) is 1.79. The van der Waals surface area contributed by atoms with Gasteiger partial charge in [0.15, 0.2) is 0 Å². The highest BCUT2D eigenvalue weighted by Gasteiger charge is 1.98. The summed E-state index contributed by atoms with van der Waals surface area (Å²) >= 11 is 0. The zero-order valence-electron chi connectivity index (χ0n) is 11.1. The summed E-state index contributed by atoms with van der Waals surface area (Å²) in [5, 5.41) is 9.91. The molecule has 0 saturated heterocycles. The Kier molecular flexibility index (Phi) is 6.05. The van der Waals surface area contributed by atoms with Crippen LogP contribution in [0.4, 0.5) is 0 Å². The van der Waals surface area contributed by atoms with E-state index in [9.17, 15) is 0 Å². The second-order valence-corrected chi connectivity index (χ2v) is 4.34. The van der Waals surface area contributed by atoms with Gasteiger partial charge in [-0.05, 0) is 24.4 Å². The van der Waals surface area contributed by atoms with E-state index in [2.05, 4.69) is 38.1 Å². The Morgan fingerprint density at radius 3 is 2.58 bits per heavy atom. The summed E-state index contributed by atoms with van der Waals surface area (Å²) in [4.78, 5) is 8.89. The molecule has 0 radical (unpaired) electrons. The van der Waals surface area contributed by atoms with Crippen molar-refractivity contribution < 1.29 is 0 Å². The van der Waals surface area contributed by atoms with E-state index in [1.54, 1.807) is 0 Å². The summed E-state index contributed by atoms with van der Waals surface area (Å²) in [6, 6.07) is 6.16. The van der Waals surface area contributed by atoms with Crippen molar-refractivity contribution in [1.82, 2.24) is 20.9 Å². The fraction of sp³-hybridized carbons (Fsp3) is 0.429. The van der Waals surface area contributed by atoms with Gasteiger partial charge >= 0.3 is 0 Å². The van der Waals surface area contributed by atoms with Crippen molar-refractivity contribution >= 4 is 6.21 Å². The highest BCUT2D eigenvalue weighted by Crippen LogP contribution is 1.99. The molecule has 0 saturated carbocycles. The number of hydrogen-bond donors (Lipinski definition) is 3. The summed E-state index contributed by atoms with van der Waals surface area (Å²) in [5.41, 5.74) is 2.16. The van der Waals surface area contributed by atoms with Crippen LogP contribution in [-0.2, 0) is 13.1 Å². The van der Waals surface area contributed by atoms with Gasteiger partial charge in [-0.15, -0.1) is 0 Å². The van der Waals surface area contributed by atoms with Crippen molar-refractivity contribution in [2.45, 2.75) is 13.1 Å². The Morgan fingerprint density at radius 2 is 1.74 bits per heavy atom. The highest BCUT2D eigenvalue weighted by molar-refractivity contribution is 5.70. The lowest BCUT2D eigenvalue weighted by Crippen LogP contribution is -2.25. The van der Waals surface area contributed by atoms with Crippen molar-refractivity contribution in [2.75, 3.05) is 26.2 Å². The fourth-order valence-electron chi connectivity index (χ4n) is 1.79. The lowest BCUT2D eigenvalue weighted by atomic mass is 10.3. The molecule has 1 aromatic heterocycles. The zero-order valence-corrected chi connectivity index (χ0v) is 11.1. The standard InChI is InChI=1S/C14H21N5/c1-3-13-11-17-9-7-15-5-2-6-16-8-10-18-12-14(4-1)19-13/h1-6,15,17-18H,7-12H2. The number of fused-ring (bicyclic) bond motifs is 2. The van der Waals surface area contributed by atoms with Crippen molar-refractivity contribution in [1.29, 1.82) is 0 Å². The zero-order chi connectivity index (χ0) is 13.2. The summed E-state index contributed by atoms with van der Waals surface area (Å²) in [5.74, 6) is 0. The van der Waals surface area contributed by atoms with Crippen LogP contribution in [0.2, 0.25) is 0 Å². The maximum atomic E-state index is 4.60. The lowest BCUT2D eigenvalue weighted by molar-refractivity contribution is 0.642. The lowest BCUT2D eigenvalue weighted by Gasteiger charge is -2.07. The maximum absolute atomic E-state index is 4.60. The van der Waals surface area contributed by atoms with Gasteiger partial charge in [-0.25, -0.2) is 0 Å². The van der Waals surface area contributed by atoms with Gasteiger partial charge in [-0.2, -0.15) is 0 Å². The van der Waals surface area contributed by atoms with Crippen LogP contribution in [-0.4, -0.2) is 37.4 Å². The average Bonchev–Trinajstić information content (AvgIpc) is 2.43. The molecular weight excluding hydrogens is 238 g/mol. The van der Waals surface area contributed by atoms with Crippen LogP contribution >= 0.6 is 0 Å². The number of pyridine rings is 1. The van der Waals surface area contributed by atoms with Crippen LogP contribution < -0.4 is 16.0 Å². The minimum absolute atomic E-state index is 0.783. The second kappa shape index (κ2) is 8.39. The summed E-state index contributed by atoms with van der Waals surface area (Å²) in [6.45, 7) is 5.05. The molecule has 2 bridgehead atoms. The van der Waals surface area contributed by atoms with E-state index in [0.29, 0.717) is 0 Å². The predicted molar refractivity (Wildman–Crippen MR) is 78.2 cm³/mol. The van der Waals surface area contributed by atoms with Crippen LogP contribution in [0.5, 0.6) is 0 Å². The third-order valence-electron chi connectivity index (χ3n) is 2.75. The van der Waals surface area contributed by atoms with E-state index in [0.717, 1.165) is 50.7 Å². The Morgan fingerprint density at radius 1 is 0.947 bits per heavy atom. The minimum atomic E-state index is 0.783. The first-order valence-electron chi connectivity index (χ1n) is 6.70. The van der Waals surface area contributed by atoms with Crippen LogP contribution in [0.25, 0.3) is 0 Å². The molecule has 0 fully saturated rings. The molecule has 0 unspecified atom stereocenters. The van der Waals surface area contributed by atoms with Gasteiger partial charge in [-0.1, -0.05) is 6.07 Å². The van der Waals surface area contributed by atoms with Gasteiger partial charge in [0.05, 0.1) is 17.9 Å². The van der Waals surface area contributed by atoms with Gasteiger partial charge in [0.2, 0.25) is 0 Å². The van der Waals surface area contributed by atoms with Gasteiger partial charge in [0.1, 0.15) is 0 Å². The highest BCUT2D eigenvalue weighted by atomic mass is 15.0. The molecule has 2 rings (SSSR count). The van der Waals surface area contributed by atoms with Gasteiger partial charge < -0.3 is 16.0 Å². The SMILES string of the molecule is C1=CNCCNCc2cccc(n2)CNCCN=C1. The third kappa shape index (κ3) is 5.63. The van der Waals surface area contributed by atoms with E-state index in [-0.39, 0.29) is 0 Å². The first kappa shape index (κ1) is 13.7. The first-order chi connectivity index (χ1) is 9.45. The molecule has 0 amide bonds. The molecule has 0 aliphatic carbocycles. The Bertz CT molecular complexity index is 428. The van der Waals surface area contributed by atoms with Gasteiger partial charge in [0.25, 0.3) is 0 Å². The monoisotopic (exact) mass is 259 g/mol. The normalized spacial score (nSPS) is 17.9. The molecule has 5 nitrogen and oxygen atoms in total. The third-order valence-corrected chi connectivity index (χ3v) is 2.75. The smallest absolute Gasteiger partial charge is 0.0545 e. The summed E-state index contributed by atoms with van der Waals surface area (Å²) in [6.07, 6.45) is 5.67. The van der Waals surface area contributed by atoms with Gasteiger partial charge in [0, 0.05) is 38.9 Å². The van der Waals surface area contributed by atoms with Crippen LogP contribution in [0.15, 0.2) is 35.5 Å². The molecule has 102 valence electrons. The number of rotatable bonds is 0. The van der Waals surface area contributed by atoms with Crippen molar-refractivity contribution in [3.8, 4) is 0 Å². The number of nitrogens with one attached hydrogen (secondary N) is 3. The van der Waals surface area contributed by atoms with E-state index >= 15 is 0 Å². The largest absolute Gasteiger partial charge is 0.390 e. The van der Waals surface area contributed by atoms with Gasteiger partial charge in [-0.3, -0.25) is 9.98 Å². The summed E-state index contributed by atoms with van der Waals surface area (Å²) in [7, 11) is 0. The molecule has 1 aromatic rings. The quantitative estimate of drug-likeness (QED) is 0.633.